The Balaban J connectivity index is 1.30. The van der Waals surface area contributed by atoms with Gasteiger partial charge in [-0.1, -0.05) is 54.6 Å². The summed E-state index contributed by atoms with van der Waals surface area (Å²) < 4.78 is 38.4. The molecule has 0 N–H and O–H groups in total. The Labute approximate surface area is 213 Å². The third kappa shape index (κ3) is 4.17. The lowest BCUT2D eigenvalue weighted by Gasteiger charge is -2.35. The van der Waals surface area contributed by atoms with Gasteiger partial charge < -0.3 is 18.6 Å². The summed E-state index contributed by atoms with van der Waals surface area (Å²) in [5, 5.41) is 1.75. The number of carbonyl (C=O) groups excluding carboxylic acids is 1. The Kier molecular flexibility index (Phi) is 5.77. The number of furan rings is 1. The van der Waals surface area contributed by atoms with Gasteiger partial charge >= 0.3 is 0 Å². The summed E-state index contributed by atoms with van der Waals surface area (Å²) in [6.07, 6.45) is 1.47. The van der Waals surface area contributed by atoms with Crippen LogP contribution in [0.4, 0.5) is 5.88 Å². The molecule has 5 aromatic rings. The number of rotatable bonds is 5. The molecule has 0 saturated carbocycles. The summed E-state index contributed by atoms with van der Waals surface area (Å²) in [5.41, 5.74) is 0.652. The number of hydrogen-bond donors (Lipinski definition) is 0. The average molecular weight is 514 g/mol. The van der Waals surface area contributed by atoms with E-state index in [1.807, 2.05) is 47.4 Å². The van der Waals surface area contributed by atoms with Crippen LogP contribution in [0.3, 0.4) is 0 Å². The normalized spacial score (nSPS) is 14.3. The van der Waals surface area contributed by atoms with Crippen molar-refractivity contribution in [2.24, 2.45) is 0 Å². The van der Waals surface area contributed by atoms with Crippen LogP contribution in [0.25, 0.3) is 22.4 Å². The number of benzene rings is 3. The first kappa shape index (κ1) is 23.1. The fourth-order valence-corrected chi connectivity index (χ4v) is 5.93. The summed E-state index contributed by atoms with van der Waals surface area (Å²) in [4.78, 5) is 21.5. The van der Waals surface area contributed by atoms with Gasteiger partial charge in [0.05, 0.1) is 11.2 Å². The molecule has 8 nitrogen and oxygen atoms in total. The molecule has 0 atom stereocenters. The van der Waals surface area contributed by atoms with E-state index in [2.05, 4.69) is 4.98 Å². The minimum Gasteiger partial charge on any atom is -0.459 e. The molecule has 0 radical (unpaired) electrons. The second-order valence-electron chi connectivity index (χ2n) is 8.73. The van der Waals surface area contributed by atoms with E-state index in [0.29, 0.717) is 37.5 Å². The fraction of sp³-hybridized carbons (Fsp3) is 0.143. The first-order valence-electron chi connectivity index (χ1n) is 11.9. The van der Waals surface area contributed by atoms with E-state index in [-0.39, 0.29) is 27.6 Å². The zero-order chi connectivity index (χ0) is 25.4. The van der Waals surface area contributed by atoms with Gasteiger partial charge in [-0.3, -0.25) is 4.79 Å². The highest BCUT2D eigenvalue weighted by Gasteiger charge is 2.34. The molecule has 1 saturated heterocycles. The van der Waals surface area contributed by atoms with Crippen molar-refractivity contribution in [2.75, 3.05) is 31.1 Å². The number of nitrogens with zero attached hydrogens (tertiary/aromatic N) is 3. The fourth-order valence-electron chi connectivity index (χ4n) is 4.58. The molecule has 3 aromatic carbocycles. The van der Waals surface area contributed by atoms with Crippen LogP contribution in [0, 0.1) is 0 Å². The Hall–Kier alpha value is -4.37. The summed E-state index contributed by atoms with van der Waals surface area (Å²) in [6, 6.07) is 25.0. The third-order valence-electron chi connectivity index (χ3n) is 6.49. The van der Waals surface area contributed by atoms with Gasteiger partial charge in [0, 0.05) is 31.7 Å². The molecule has 6 rings (SSSR count). The number of aromatic nitrogens is 1. The molecule has 1 fully saturated rings. The van der Waals surface area contributed by atoms with Gasteiger partial charge in [-0.25, -0.2) is 8.42 Å². The molecule has 9 heteroatoms. The molecule has 37 heavy (non-hydrogen) atoms. The highest BCUT2D eigenvalue weighted by atomic mass is 32.2. The number of oxazole rings is 1. The van der Waals surface area contributed by atoms with Gasteiger partial charge in [0.2, 0.25) is 20.7 Å². The van der Waals surface area contributed by atoms with Gasteiger partial charge in [-0.05, 0) is 41.1 Å². The molecule has 0 unspecified atom stereocenters. The van der Waals surface area contributed by atoms with Crippen molar-refractivity contribution >= 4 is 32.4 Å². The lowest BCUT2D eigenvalue weighted by atomic mass is 10.0. The van der Waals surface area contributed by atoms with Crippen LogP contribution in [-0.2, 0) is 9.84 Å². The Bertz CT molecular complexity index is 1660. The number of amides is 1. The van der Waals surface area contributed by atoms with Crippen molar-refractivity contribution in [3.63, 3.8) is 0 Å². The van der Waals surface area contributed by atoms with Crippen LogP contribution in [0.15, 0.2) is 110 Å². The van der Waals surface area contributed by atoms with Gasteiger partial charge in [-0.15, -0.1) is 0 Å². The quantitative estimate of drug-likeness (QED) is 0.330. The van der Waals surface area contributed by atoms with E-state index in [4.69, 9.17) is 8.83 Å². The number of fused-ring (bicyclic) bond motifs is 1. The Morgan fingerprint density at radius 2 is 1.54 bits per heavy atom. The molecular formula is C28H23N3O5S. The van der Waals surface area contributed by atoms with Crippen LogP contribution in [0.2, 0.25) is 0 Å². The third-order valence-corrected chi connectivity index (χ3v) is 8.16. The van der Waals surface area contributed by atoms with Crippen LogP contribution in [0.5, 0.6) is 0 Å². The molecule has 1 aliphatic rings. The lowest BCUT2D eigenvalue weighted by molar-refractivity contribution is 0.0747. The van der Waals surface area contributed by atoms with Crippen molar-refractivity contribution < 1.29 is 22.0 Å². The van der Waals surface area contributed by atoms with E-state index < -0.39 is 9.84 Å². The largest absolute Gasteiger partial charge is 0.459 e. The molecule has 3 heterocycles. The minimum absolute atomic E-state index is 0.0533. The number of anilines is 1. The number of piperazine rings is 1. The van der Waals surface area contributed by atoms with Gasteiger partial charge in [-0.2, -0.15) is 4.98 Å². The molecule has 186 valence electrons. The Morgan fingerprint density at radius 1 is 0.811 bits per heavy atom. The first-order chi connectivity index (χ1) is 18.0. The highest BCUT2D eigenvalue weighted by Crippen LogP contribution is 2.35. The van der Waals surface area contributed by atoms with Crippen molar-refractivity contribution in [1.29, 1.82) is 0 Å². The first-order valence-corrected chi connectivity index (χ1v) is 13.4. The highest BCUT2D eigenvalue weighted by molar-refractivity contribution is 7.91. The van der Waals surface area contributed by atoms with E-state index in [0.717, 1.165) is 10.8 Å². The molecule has 0 bridgehead atoms. The van der Waals surface area contributed by atoms with Gasteiger partial charge in [0.1, 0.15) is 0 Å². The number of carbonyl (C=O) groups is 1. The van der Waals surface area contributed by atoms with Crippen molar-refractivity contribution in [3.8, 4) is 11.7 Å². The number of hydrogen-bond acceptors (Lipinski definition) is 7. The lowest BCUT2D eigenvalue weighted by Crippen LogP contribution is -2.49. The molecule has 0 spiro atoms. The number of sulfone groups is 1. The second-order valence-corrected chi connectivity index (χ2v) is 10.6. The van der Waals surface area contributed by atoms with Crippen LogP contribution in [0.1, 0.15) is 10.4 Å². The SMILES string of the molecule is O=C(c1cccc2ccccc12)N1CCN(c2oc(-c3ccco3)nc2S(=O)(=O)c2ccccc2)CC1. The molecular weight excluding hydrogens is 490 g/mol. The maximum atomic E-state index is 13.5. The van der Waals surface area contributed by atoms with E-state index in [1.165, 1.54) is 18.4 Å². The van der Waals surface area contributed by atoms with E-state index in [1.54, 1.807) is 35.2 Å². The van der Waals surface area contributed by atoms with Crippen LogP contribution in [-0.4, -0.2) is 50.4 Å². The second kappa shape index (κ2) is 9.25. The maximum absolute atomic E-state index is 13.5. The average Bonchev–Trinajstić information content (AvgIpc) is 3.64. The van der Waals surface area contributed by atoms with E-state index >= 15 is 0 Å². The smallest absolute Gasteiger partial charge is 0.266 e. The van der Waals surface area contributed by atoms with Crippen LogP contribution < -0.4 is 4.90 Å². The Morgan fingerprint density at radius 3 is 2.30 bits per heavy atom. The van der Waals surface area contributed by atoms with Gasteiger partial charge in [0.15, 0.2) is 5.76 Å². The summed E-state index contributed by atoms with van der Waals surface area (Å²) >= 11 is 0. The van der Waals surface area contributed by atoms with Crippen LogP contribution >= 0.6 is 0 Å². The zero-order valence-electron chi connectivity index (χ0n) is 19.8. The molecule has 0 aliphatic carbocycles. The monoisotopic (exact) mass is 513 g/mol. The molecule has 2 aromatic heterocycles. The molecule has 1 aliphatic heterocycles. The standard InChI is InChI=1S/C28H23N3O5S/c32-27(23-13-6-9-20-8-4-5-12-22(20)23)30-15-17-31(18-16-30)28-26(29-25(36-28)24-14-7-19-35-24)37(33,34)21-10-2-1-3-11-21/h1-14,19H,15-18H2. The maximum Gasteiger partial charge on any atom is 0.266 e. The summed E-state index contributed by atoms with van der Waals surface area (Å²) in [5.74, 6) is 0.513. The van der Waals surface area contributed by atoms with Crippen molar-refractivity contribution in [3.05, 3.63) is 96.8 Å². The van der Waals surface area contributed by atoms with E-state index in [9.17, 15) is 13.2 Å². The summed E-state index contributed by atoms with van der Waals surface area (Å²) in [7, 11) is -3.96. The topological polar surface area (TPSA) is 96.9 Å². The minimum atomic E-state index is -3.96. The predicted octanol–water partition coefficient (Wildman–Crippen LogP) is 4.88. The molecule has 1 amide bonds. The summed E-state index contributed by atoms with van der Waals surface area (Å²) in [6.45, 7) is 1.59. The van der Waals surface area contributed by atoms with Crippen molar-refractivity contribution in [1.82, 2.24) is 9.88 Å². The predicted molar refractivity (Wildman–Crippen MR) is 138 cm³/mol. The zero-order valence-corrected chi connectivity index (χ0v) is 20.6. The van der Waals surface area contributed by atoms with Gasteiger partial charge in [0.25, 0.3) is 11.8 Å². The van der Waals surface area contributed by atoms with Crippen molar-refractivity contribution in [2.45, 2.75) is 9.92 Å².